The molecule has 0 atom stereocenters. The number of ether oxygens (including phenoxy) is 1. The van der Waals surface area contributed by atoms with Crippen molar-refractivity contribution in [2.24, 2.45) is 0 Å². The van der Waals surface area contributed by atoms with E-state index in [1.165, 1.54) is 12.1 Å². The summed E-state index contributed by atoms with van der Waals surface area (Å²) >= 11 is 1.77. The van der Waals surface area contributed by atoms with Crippen LogP contribution in [0.2, 0.25) is 0 Å². The zero-order chi connectivity index (χ0) is 10.4. The van der Waals surface area contributed by atoms with Crippen molar-refractivity contribution in [3.8, 4) is 5.75 Å². The van der Waals surface area contributed by atoms with Gasteiger partial charge in [0.2, 0.25) is 0 Å². The van der Waals surface area contributed by atoms with E-state index >= 15 is 0 Å². The van der Waals surface area contributed by atoms with E-state index in [1.54, 1.807) is 17.8 Å². The predicted octanol–water partition coefficient (Wildman–Crippen LogP) is 2.54. The molecule has 2 nitrogen and oxygen atoms in total. The zero-order valence-corrected chi connectivity index (χ0v) is 8.94. The van der Waals surface area contributed by atoms with Gasteiger partial charge in [-0.3, -0.25) is 0 Å². The highest BCUT2D eigenvalue weighted by atomic mass is 32.2. The zero-order valence-electron chi connectivity index (χ0n) is 8.13. The molecule has 4 heteroatoms. The number of anilines is 1. The lowest BCUT2D eigenvalue weighted by molar-refractivity contribution is 0.320. The number of benzene rings is 1. The Hall–Kier alpha value is -0.900. The second-order valence-corrected chi connectivity index (χ2v) is 3.86. The topological polar surface area (TPSA) is 35.2 Å². The maximum atomic E-state index is 12.7. The fourth-order valence-electron chi connectivity index (χ4n) is 1.04. The molecule has 0 radical (unpaired) electrons. The Bertz CT molecular complexity index is 293. The van der Waals surface area contributed by atoms with Crippen molar-refractivity contribution in [1.29, 1.82) is 0 Å². The van der Waals surface area contributed by atoms with Crippen LogP contribution in [0.15, 0.2) is 18.2 Å². The second kappa shape index (κ2) is 5.75. The highest BCUT2D eigenvalue weighted by molar-refractivity contribution is 7.98. The Kier molecular flexibility index (Phi) is 4.59. The predicted molar refractivity (Wildman–Crippen MR) is 59.3 cm³/mol. The summed E-state index contributed by atoms with van der Waals surface area (Å²) in [6.07, 6.45) is 3.02. The molecular formula is C10H14FNOS. The summed E-state index contributed by atoms with van der Waals surface area (Å²) in [5.41, 5.74) is 5.92. The van der Waals surface area contributed by atoms with E-state index in [4.69, 9.17) is 10.5 Å². The molecule has 0 fully saturated rings. The van der Waals surface area contributed by atoms with Gasteiger partial charge < -0.3 is 10.5 Å². The van der Waals surface area contributed by atoms with Crippen LogP contribution in [0, 0.1) is 5.82 Å². The molecule has 0 aliphatic rings. The van der Waals surface area contributed by atoms with Gasteiger partial charge in [0, 0.05) is 6.07 Å². The Balaban J connectivity index is 2.42. The number of nitrogen functional groups attached to an aromatic ring is 1. The minimum atomic E-state index is -0.334. The van der Waals surface area contributed by atoms with Gasteiger partial charge >= 0.3 is 0 Å². The molecule has 14 heavy (non-hydrogen) atoms. The molecule has 0 aliphatic heterocycles. The monoisotopic (exact) mass is 215 g/mol. The van der Waals surface area contributed by atoms with Crippen molar-refractivity contribution in [2.45, 2.75) is 6.42 Å². The fraction of sp³-hybridized carbons (Fsp3) is 0.400. The molecule has 0 aromatic heterocycles. The van der Waals surface area contributed by atoms with Crippen molar-refractivity contribution >= 4 is 17.4 Å². The van der Waals surface area contributed by atoms with Crippen LogP contribution in [-0.4, -0.2) is 18.6 Å². The number of nitrogens with two attached hydrogens (primary N) is 1. The molecule has 0 saturated carbocycles. The maximum absolute atomic E-state index is 12.7. The van der Waals surface area contributed by atoms with Gasteiger partial charge in [0.25, 0.3) is 0 Å². The summed E-state index contributed by atoms with van der Waals surface area (Å²) < 4.78 is 18.0. The first-order valence-corrected chi connectivity index (χ1v) is 5.80. The van der Waals surface area contributed by atoms with E-state index in [-0.39, 0.29) is 5.82 Å². The SMILES string of the molecule is CSCCCOc1ccc(F)cc1N. The van der Waals surface area contributed by atoms with E-state index in [9.17, 15) is 4.39 Å². The summed E-state index contributed by atoms with van der Waals surface area (Å²) in [5.74, 6) is 1.28. The highest BCUT2D eigenvalue weighted by Crippen LogP contribution is 2.21. The number of hydrogen-bond acceptors (Lipinski definition) is 3. The third kappa shape index (κ3) is 3.46. The van der Waals surface area contributed by atoms with Crippen LogP contribution in [0.3, 0.4) is 0 Å². The first-order valence-electron chi connectivity index (χ1n) is 4.41. The van der Waals surface area contributed by atoms with Crippen molar-refractivity contribution in [3.63, 3.8) is 0 Å². The molecule has 0 spiro atoms. The van der Waals surface area contributed by atoms with Gasteiger partial charge in [-0.25, -0.2) is 4.39 Å². The molecule has 0 aliphatic carbocycles. The summed E-state index contributed by atoms with van der Waals surface area (Å²) in [7, 11) is 0. The van der Waals surface area contributed by atoms with Crippen LogP contribution in [-0.2, 0) is 0 Å². The third-order valence-electron chi connectivity index (χ3n) is 1.72. The standard InChI is InChI=1S/C10H14FNOS/c1-14-6-2-5-13-10-4-3-8(11)7-9(10)12/h3-4,7H,2,5-6,12H2,1H3. The normalized spacial score (nSPS) is 10.1. The molecule has 1 aromatic carbocycles. The largest absolute Gasteiger partial charge is 0.491 e. The molecule has 2 N–H and O–H groups in total. The van der Waals surface area contributed by atoms with Crippen molar-refractivity contribution in [2.75, 3.05) is 24.3 Å². The van der Waals surface area contributed by atoms with Gasteiger partial charge in [0.05, 0.1) is 12.3 Å². The molecule has 0 heterocycles. The number of thioether (sulfide) groups is 1. The molecule has 0 bridgehead atoms. The van der Waals surface area contributed by atoms with Crippen LogP contribution < -0.4 is 10.5 Å². The van der Waals surface area contributed by atoms with Crippen LogP contribution in [0.25, 0.3) is 0 Å². The summed E-state index contributed by atoms with van der Waals surface area (Å²) in [6.45, 7) is 0.622. The van der Waals surface area contributed by atoms with Crippen LogP contribution in [0.1, 0.15) is 6.42 Å². The van der Waals surface area contributed by atoms with Crippen molar-refractivity contribution in [1.82, 2.24) is 0 Å². The summed E-state index contributed by atoms with van der Waals surface area (Å²) in [6, 6.07) is 4.17. The average molecular weight is 215 g/mol. The molecule has 0 unspecified atom stereocenters. The number of hydrogen-bond donors (Lipinski definition) is 1. The Morgan fingerprint density at radius 1 is 1.50 bits per heavy atom. The molecular weight excluding hydrogens is 201 g/mol. The minimum Gasteiger partial charge on any atom is -0.491 e. The quantitative estimate of drug-likeness (QED) is 0.605. The molecule has 0 amide bonds. The number of rotatable bonds is 5. The first kappa shape index (κ1) is 11.2. The van der Waals surface area contributed by atoms with Gasteiger partial charge in [-0.05, 0) is 30.6 Å². The van der Waals surface area contributed by atoms with E-state index in [0.29, 0.717) is 18.0 Å². The van der Waals surface area contributed by atoms with Gasteiger partial charge in [-0.1, -0.05) is 0 Å². The van der Waals surface area contributed by atoms with E-state index < -0.39 is 0 Å². The van der Waals surface area contributed by atoms with Crippen LogP contribution >= 0.6 is 11.8 Å². The van der Waals surface area contributed by atoms with Gasteiger partial charge in [0.1, 0.15) is 11.6 Å². The maximum Gasteiger partial charge on any atom is 0.142 e. The molecule has 78 valence electrons. The Morgan fingerprint density at radius 3 is 2.93 bits per heavy atom. The van der Waals surface area contributed by atoms with Crippen molar-refractivity contribution < 1.29 is 9.13 Å². The fourth-order valence-corrected chi connectivity index (χ4v) is 1.44. The Labute approximate surface area is 87.6 Å². The average Bonchev–Trinajstić information content (AvgIpc) is 2.15. The van der Waals surface area contributed by atoms with E-state index in [0.717, 1.165) is 12.2 Å². The third-order valence-corrected chi connectivity index (χ3v) is 2.42. The van der Waals surface area contributed by atoms with E-state index in [1.807, 2.05) is 6.26 Å². The van der Waals surface area contributed by atoms with Crippen LogP contribution in [0.4, 0.5) is 10.1 Å². The first-order chi connectivity index (χ1) is 6.74. The molecule has 1 aromatic rings. The summed E-state index contributed by atoms with van der Waals surface area (Å²) in [5, 5.41) is 0. The summed E-state index contributed by atoms with van der Waals surface area (Å²) in [4.78, 5) is 0. The van der Waals surface area contributed by atoms with E-state index in [2.05, 4.69) is 0 Å². The van der Waals surface area contributed by atoms with Crippen LogP contribution in [0.5, 0.6) is 5.75 Å². The lowest BCUT2D eigenvalue weighted by atomic mass is 10.3. The molecule has 1 rings (SSSR count). The lowest BCUT2D eigenvalue weighted by Gasteiger charge is -2.07. The minimum absolute atomic E-state index is 0.334. The lowest BCUT2D eigenvalue weighted by Crippen LogP contribution is -2.01. The van der Waals surface area contributed by atoms with Gasteiger partial charge in [-0.15, -0.1) is 0 Å². The van der Waals surface area contributed by atoms with Gasteiger partial charge in [0.15, 0.2) is 0 Å². The molecule has 0 saturated heterocycles. The highest BCUT2D eigenvalue weighted by Gasteiger charge is 2.00. The van der Waals surface area contributed by atoms with Gasteiger partial charge in [-0.2, -0.15) is 11.8 Å². The smallest absolute Gasteiger partial charge is 0.142 e. The van der Waals surface area contributed by atoms with Crippen molar-refractivity contribution in [3.05, 3.63) is 24.0 Å². The second-order valence-electron chi connectivity index (χ2n) is 2.88. The Morgan fingerprint density at radius 2 is 2.29 bits per heavy atom. The number of halogens is 1.